The predicted octanol–water partition coefficient (Wildman–Crippen LogP) is 2.41. The second-order valence-electron chi connectivity index (χ2n) is 8.99. The van der Waals surface area contributed by atoms with E-state index in [-0.39, 0.29) is 11.9 Å². The van der Waals surface area contributed by atoms with Gasteiger partial charge in [-0.05, 0) is 30.2 Å². The summed E-state index contributed by atoms with van der Waals surface area (Å²) in [6.07, 6.45) is 0. The van der Waals surface area contributed by atoms with Crippen molar-refractivity contribution in [3.63, 3.8) is 0 Å². The Hall–Kier alpha value is -2.76. The van der Waals surface area contributed by atoms with Crippen molar-refractivity contribution in [3.8, 4) is 0 Å². The van der Waals surface area contributed by atoms with Crippen molar-refractivity contribution >= 4 is 33.5 Å². The zero-order chi connectivity index (χ0) is 25.0. The van der Waals surface area contributed by atoms with Gasteiger partial charge in [0, 0.05) is 31.6 Å². The number of anilines is 1. The van der Waals surface area contributed by atoms with E-state index in [1.54, 1.807) is 0 Å². The lowest BCUT2D eigenvalue weighted by atomic mass is 10.0. The largest absolute Gasteiger partial charge is 0.467 e. The molecule has 1 aromatic heterocycles. The summed E-state index contributed by atoms with van der Waals surface area (Å²) in [7, 11) is -1.11. The minimum Gasteiger partial charge on any atom is -0.467 e. The Labute approximate surface area is 207 Å². The first kappa shape index (κ1) is 25.3. The Balaban J connectivity index is 1.50. The van der Waals surface area contributed by atoms with Crippen LogP contribution < -0.4 is 5.32 Å². The van der Waals surface area contributed by atoms with Crippen LogP contribution in [0.3, 0.4) is 0 Å². The van der Waals surface area contributed by atoms with E-state index in [1.165, 1.54) is 7.11 Å². The van der Waals surface area contributed by atoms with Crippen molar-refractivity contribution in [2.45, 2.75) is 31.3 Å². The second-order valence-corrected chi connectivity index (χ2v) is 11.1. The number of ether oxygens (including phenoxy) is 1. The van der Waals surface area contributed by atoms with Gasteiger partial charge in [0.1, 0.15) is 17.7 Å². The number of benzene rings is 2. The number of esters is 1. The molecule has 1 aliphatic heterocycles. The third-order valence-corrected chi connectivity index (χ3v) is 8.33. The van der Waals surface area contributed by atoms with Crippen molar-refractivity contribution in [3.05, 3.63) is 60.4 Å². The summed E-state index contributed by atoms with van der Waals surface area (Å²) in [4.78, 5) is 24.9. The monoisotopic (exact) mass is 501 g/mol. The fourth-order valence-electron chi connectivity index (χ4n) is 4.21. The van der Waals surface area contributed by atoms with Gasteiger partial charge in [-0.2, -0.15) is 0 Å². The maximum Gasteiger partial charge on any atom is 0.328 e. The zero-order valence-electron chi connectivity index (χ0n) is 20.4. The van der Waals surface area contributed by atoms with Crippen molar-refractivity contribution in [2.24, 2.45) is 5.92 Å². The molecule has 0 unspecified atom stereocenters. The summed E-state index contributed by atoms with van der Waals surface area (Å²) in [6.45, 7) is 7.25. The topological polar surface area (TPSA) is 116 Å². The maximum atomic E-state index is 12.3. The van der Waals surface area contributed by atoms with Crippen molar-refractivity contribution in [1.82, 2.24) is 19.2 Å². The molecule has 0 aliphatic carbocycles. The third-order valence-electron chi connectivity index (χ3n) is 6.23. The molecule has 0 bridgehead atoms. The number of hydrogen-bond donors (Lipinski definition) is 1. The molecule has 9 nitrogen and oxygen atoms in total. The van der Waals surface area contributed by atoms with Crippen LogP contribution in [0.5, 0.6) is 0 Å². The van der Waals surface area contributed by atoms with E-state index >= 15 is 0 Å². The van der Waals surface area contributed by atoms with E-state index in [4.69, 9.17) is 23.8 Å². The van der Waals surface area contributed by atoms with Crippen LogP contribution in [0.1, 0.15) is 19.7 Å². The van der Waals surface area contributed by atoms with Crippen molar-refractivity contribution in [2.75, 3.05) is 38.6 Å². The standard InChI is InChI=1S/C25H33N5O4S/c1-18(2)23(25(31)34-3)28-24-20-11-7-8-12-21(20)26-22(27-24)17-29-13-15-30(16-14-29)35(32,33)19-9-5-4-6-10-19/h4-12,18,23,32-33H,13-17H2,1-3H3,(H,26,27,28)/p+2/t23-/m0/s1. The number of para-hydroxylation sites is 1. The fourth-order valence-corrected chi connectivity index (χ4v) is 5.77. The molecule has 1 aliphatic rings. The maximum absolute atomic E-state index is 12.3. The lowest BCUT2D eigenvalue weighted by Gasteiger charge is -2.40. The van der Waals surface area contributed by atoms with E-state index < -0.39 is 16.8 Å². The minimum atomic E-state index is -2.50. The van der Waals surface area contributed by atoms with Gasteiger partial charge in [-0.15, -0.1) is 4.31 Å². The molecule has 2 heterocycles. The summed E-state index contributed by atoms with van der Waals surface area (Å²) >= 11 is 0. The number of rotatable bonds is 8. The van der Waals surface area contributed by atoms with Gasteiger partial charge < -0.3 is 10.1 Å². The SMILES string of the molecule is COC(=O)[C@@H](Nc1nc(CN2CCN(S([OH2+])([OH2+])c3ccccc3)CC2)nc2ccccc12)C(C)C. The molecule has 188 valence electrons. The number of carbonyl (C=O) groups is 1. The van der Waals surface area contributed by atoms with Gasteiger partial charge in [0.05, 0.1) is 29.9 Å². The minimum absolute atomic E-state index is 0.0230. The van der Waals surface area contributed by atoms with Crippen LogP contribution in [0.25, 0.3) is 10.9 Å². The first-order chi connectivity index (χ1) is 16.8. The second kappa shape index (κ2) is 10.9. The molecule has 1 fully saturated rings. The smallest absolute Gasteiger partial charge is 0.328 e. The predicted molar refractivity (Wildman–Crippen MR) is 140 cm³/mol. The van der Waals surface area contributed by atoms with Gasteiger partial charge >= 0.3 is 5.97 Å². The first-order valence-corrected chi connectivity index (χ1v) is 13.3. The number of nitrogens with one attached hydrogen (secondary N) is 1. The van der Waals surface area contributed by atoms with Crippen LogP contribution in [0.2, 0.25) is 0 Å². The van der Waals surface area contributed by atoms with Crippen LogP contribution in [-0.2, 0) is 16.1 Å². The zero-order valence-corrected chi connectivity index (χ0v) is 21.2. The average molecular weight is 502 g/mol. The Morgan fingerprint density at radius 2 is 1.69 bits per heavy atom. The number of piperazine rings is 1. The van der Waals surface area contributed by atoms with Gasteiger partial charge in [-0.25, -0.2) is 14.8 Å². The molecule has 3 aromatic rings. The molecule has 0 radical (unpaired) electrons. The summed E-state index contributed by atoms with van der Waals surface area (Å²) < 4.78 is 24.4. The molecule has 0 amide bonds. The molecule has 1 saturated heterocycles. The van der Waals surface area contributed by atoms with Crippen LogP contribution in [0.4, 0.5) is 5.82 Å². The van der Waals surface area contributed by atoms with Gasteiger partial charge in [0.15, 0.2) is 4.90 Å². The molecule has 10 heteroatoms. The molecule has 2 aromatic carbocycles. The highest BCUT2D eigenvalue weighted by atomic mass is 32.3. The van der Waals surface area contributed by atoms with Crippen molar-refractivity contribution in [1.29, 1.82) is 0 Å². The number of carbonyl (C=O) groups excluding carboxylic acids is 1. The molecule has 5 N–H and O–H groups in total. The van der Waals surface area contributed by atoms with E-state index in [1.807, 2.05) is 72.7 Å². The summed E-state index contributed by atoms with van der Waals surface area (Å²) in [5.74, 6) is 0.994. The Morgan fingerprint density at radius 3 is 2.34 bits per heavy atom. The highest BCUT2D eigenvalue weighted by molar-refractivity contribution is 8.22. The lowest BCUT2D eigenvalue weighted by Crippen LogP contribution is -2.46. The Morgan fingerprint density at radius 1 is 1.03 bits per heavy atom. The fraction of sp³-hybridized carbons (Fsp3) is 0.400. The van der Waals surface area contributed by atoms with Gasteiger partial charge in [0.2, 0.25) is 0 Å². The van der Waals surface area contributed by atoms with E-state index in [0.717, 1.165) is 28.9 Å². The summed E-state index contributed by atoms with van der Waals surface area (Å²) in [6, 6.07) is 16.7. The number of nitrogens with zero attached hydrogens (tertiary/aromatic N) is 4. The molecule has 1 atom stereocenters. The molecular weight excluding hydrogens is 466 g/mol. The van der Waals surface area contributed by atoms with E-state index in [2.05, 4.69) is 10.2 Å². The Kier molecular flexibility index (Phi) is 7.88. The summed E-state index contributed by atoms with van der Waals surface area (Å²) in [5.41, 5.74) is 0.816. The van der Waals surface area contributed by atoms with Gasteiger partial charge in [-0.1, -0.05) is 44.2 Å². The van der Waals surface area contributed by atoms with Gasteiger partial charge in [0.25, 0.3) is 0 Å². The number of fused-ring (bicyclic) bond motifs is 1. The molecule has 0 spiro atoms. The first-order valence-electron chi connectivity index (χ1n) is 11.7. The van der Waals surface area contributed by atoms with E-state index in [9.17, 15) is 4.79 Å². The van der Waals surface area contributed by atoms with Gasteiger partial charge in [-0.3, -0.25) is 14.0 Å². The van der Waals surface area contributed by atoms with E-state index in [0.29, 0.717) is 31.3 Å². The van der Waals surface area contributed by atoms with Crippen LogP contribution in [0.15, 0.2) is 59.5 Å². The highest BCUT2D eigenvalue weighted by Gasteiger charge is 2.35. The van der Waals surface area contributed by atoms with Crippen LogP contribution >= 0.6 is 10.8 Å². The molecule has 35 heavy (non-hydrogen) atoms. The molecule has 0 saturated carbocycles. The Bertz CT molecular complexity index is 1150. The number of hydrogen-bond acceptors (Lipinski definition) is 7. The third kappa shape index (κ3) is 5.74. The molecular formula is C25H35N5O4S+2. The lowest BCUT2D eigenvalue weighted by molar-refractivity contribution is -0.142. The number of aromatic nitrogens is 2. The molecule has 4 rings (SSSR count). The highest BCUT2D eigenvalue weighted by Crippen LogP contribution is 2.51. The number of methoxy groups -OCH3 is 1. The van der Waals surface area contributed by atoms with Crippen molar-refractivity contribution < 1.29 is 18.6 Å². The van der Waals surface area contributed by atoms with Crippen LogP contribution in [-0.4, -0.2) is 73.6 Å². The normalized spacial score (nSPS) is 16.9. The summed E-state index contributed by atoms with van der Waals surface area (Å²) in [5, 5.41) is 4.15. The van der Waals surface area contributed by atoms with Crippen LogP contribution in [0, 0.1) is 5.92 Å². The average Bonchev–Trinajstić information content (AvgIpc) is 2.87. The quantitative estimate of drug-likeness (QED) is 0.372.